The van der Waals surface area contributed by atoms with Crippen LogP contribution in [0.1, 0.15) is 65.6 Å². The molecule has 0 radical (unpaired) electrons. The first-order valence-corrected chi connectivity index (χ1v) is 10.9. The molecule has 26 heavy (non-hydrogen) atoms. The van der Waals surface area contributed by atoms with Crippen molar-refractivity contribution >= 4 is 17.2 Å². The highest BCUT2D eigenvalue weighted by molar-refractivity contribution is 7.14. The molecule has 0 unspecified atom stereocenters. The molecule has 4 rings (SSSR count). The van der Waals surface area contributed by atoms with Crippen LogP contribution in [-0.4, -0.2) is 54.3 Å². The normalized spacial score (nSPS) is 28.7. The maximum Gasteiger partial charge on any atom is 0.261 e. The zero-order valence-corrected chi connectivity index (χ0v) is 16.4. The van der Waals surface area contributed by atoms with Crippen molar-refractivity contribution in [3.8, 4) is 0 Å². The minimum Gasteiger partial charge on any atom is -0.391 e. The lowest BCUT2D eigenvalue weighted by atomic mass is 9.82. The first-order valence-electron chi connectivity index (χ1n) is 10.1. The van der Waals surface area contributed by atoms with Gasteiger partial charge in [0.15, 0.2) is 0 Å². The first-order chi connectivity index (χ1) is 12.6. The van der Waals surface area contributed by atoms with Gasteiger partial charge in [0.2, 0.25) is 0 Å². The lowest BCUT2D eigenvalue weighted by Crippen LogP contribution is -2.46. The third-order valence-corrected chi connectivity index (χ3v) is 7.58. The van der Waals surface area contributed by atoms with Gasteiger partial charge in [-0.25, -0.2) is 0 Å². The summed E-state index contributed by atoms with van der Waals surface area (Å²) in [5, 5.41) is 13.2. The van der Waals surface area contributed by atoms with E-state index in [-0.39, 0.29) is 17.6 Å². The number of rotatable bonds is 3. The summed E-state index contributed by atoms with van der Waals surface area (Å²) in [5.41, 5.74) is 1.05. The van der Waals surface area contributed by atoms with E-state index in [0.717, 1.165) is 76.1 Å². The van der Waals surface area contributed by atoms with Crippen LogP contribution in [0, 0.1) is 0 Å². The number of aliphatic hydroxyl groups excluding tert-OH is 1. The molecule has 5 nitrogen and oxygen atoms in total. The second-order valence-electron chi connectivity index (χ2n) is 7.91. The molecule has 1 saturated carbocycles. The lowest BCUT2D eigenvalue weighted by molar-refractivity contribution is -0.0964. The van der Waals surface area contributed by atoms with Gasteiger partial charge in [0.25, 0.3) is 5.91 Å². The molecule has 1 aliphatic carbocycles. The van der Waals surface area contributed by atoms with Crippen molar-refractivity contribution in [3.05, 3.63) is 21.4 Å². The zero-order valence-electron chi connectivity index (χ0n) is 15.6. The fourth-order valence-electron chi connectivity index (χ4n) is 4.69. The summed E-state index contributed by atoms with van der Waals surface area (Å²) in [5.74, 6) is -0.0310. The number of nitrogens with zero attached hydrogens (tertiary/aromatic N) is 1. The Morgan fingerprint density at radius 1 is 1.38 bits per heavy atom. The molecule has 1 saturated heterocycles. The van der Waals surface area contributed by atoms with Crippen molar-refractivity contribution in [2.75, 3.05) is 26.2 Å². The van der Waals surface area contributed by atoms with E-state index in [9.17, 15) is 9.90 Å². The molecule has 3 aliphatic rings. The van der Waals surface area contributed by atoms with Crippen molar-refractivity contribution in [1.82, 2.24) is 10.2 Å². The number of fused-ring (bicyclic) bond motifs is 2. The number of piperidine rings is 1. The molecule has 144 valence electrons. The fraction of sp³-hybridized carbons (Fsp3) is 0.750. The number of likely N-dealkylation sites (tertiary alicyclic amines) is 1. The molecular formula is C20H30N2O3S. The SMILES string of the molecule is CCN1CCC2(CC1)OCCc1sc(C(=O)N[C@@H]3CCCC[C@H]3O)cc12. The molecule has 2 atom stereocenters. The number of carbonyl (C=O) groups excluding carboxylic acids is 1. The van der Waals surface area contributed by atoms with Gasteiger partial charge in [0.1, 0.15) is 0 Å². The van der Waals surface area contributed by atoms with E-state index < -0.39 is 6.10 Å². The van der Waals surface area contributed by atoms with Gasteiger partial charge in [-0.05, 0) is 43.9 Å². The summed E-state index contributed by atoms with van der Waals surface area (Å²) in [6.45, 7) is 6.16. The number of ether oxygens (including phenoxy) is 1. The van der Waals surface area contributed by atoms with Crippen LogP contribution < -0.4 is 5.32 Å². The maximum absolute atomic E-state index is 12.8. The number of carbonyl (C=O) groups is 1. The molecule has 1 aromatic heterocycles. The van der Waals surface area contributed by atoms with Crippen LogP contribution in [0.5, 0.6) is 0 Å². The van der Waals surface area contributed by atoms with Crippen LogP contribution >= 0.6 is 11.3 Å². The highest BCUT2D eigenvalue weighted by Gasteiger charge is 2.42. The Morgan fingerprint density at radius 3 is 2.88 bits per heavy atom. The van der Waals surface area contributed by atoms with E-state index in [2.05, 4.69) is 23.2 Å². The molecule has 1 amide bonds. The van der Waals surface area contributed by atoms with Crippen molar-refractivity contribution in [2.45, 2.75) is 69.6 Å². The van der Waals surface area contributed by atoms with Gasteiger partial charge in [0.05, 0.1) is 29.2 Å². The highest BCUT2D eigenvalue weighted by atomic mass is 32.1. The molecule has 2 N–H and O–H groups in total. The molecule has 3 heterocycles. The Balaban J connectivity index is 1.51. The Bertz CT molecular complexity index is 651. The van der Waals surface area contributed by atoms with Crippen LogP contribution in [0.2, 0.25) is 0 Å². The Morgan fingerprint density at radius 2 is 2.15 bits per heavy atom. The first kappa shape index (κ1) is 18.4. The number of nitrogens with one attached hydrogen (secondary N) is 1. The summed E-state index contributed by atoms with van der Waals surface area (Å²) in [4.78, 5) is 17.3. The summed E-state index contributed by atoms with van der Waals surface area (Å²) in [7, 11) is 0. The molecule has 1 spiro atoms. The molecule has 1 aromatic rings. The number of hydrogen-bond acceptors (Lipinski definition) is 5. The molecule has 2 fully saturated rings. The monoisotopic (exact) mass is 378 g/mol. The highest BCUT2D eigenvalue weighted by Crippen LogP contribution is 2.44. The second kappa shape index (κ2) is 7.58. The quantitative estimate of drug-likeness (QED) is 0.849. The van der Waals surface area contributed by atoms with Gasteiger partial charge in [-0.2, -0.15) is 0 Å². The maximum atomic E-state index is 12.8. The molecule has 0 aromatic carbocycles. The lowest BCUT2D eigenvalue weighted by Gasteiger charge is -2.43. The average molecular weight is 379 g/mol. The Kier molecular flexibility index (Phi) is 5.37. The zero-order chi connectivity index (χ0) is 18.1. The van der Waals surface area contributed by atoms with Crippen molar-refractivity contribution in [1.29, 1.82) is 0 Å². The van der Waals surface area contributed by atoms with E-state index in [1.807, 2.05) is 0 Å². The van der Waals surface area contributed by atoms with E-state index >= 15 is 0 Å². The molecular weight excluding hydrogens is 348 g/mol. The van der Waals surface area contributed by atoms with Gasteiger partial charge < -0.3 is 20.1 Å². The van der Waals surface area contributed by atoms with Gasteiger partial charge in [-0.3, -0.25) is 4.79 Å². The van der Waals surface area contributed by atoms with Gasteiger partial charge >= 0.3 is 0 Å². The third-order valence-electron chi connectivity index (χ3n) is 6.39. The summed E-state index contributed by atoms with van der Waals surface area (Å²) in [6, 6.07) is 1.97. The van der Waals surface area contributed by atoms with E-state index in [1.165, 1.54) is 10.4 Å². The van der Waals surface area contributed by atoms with Gasteiger partial charge in [0, 0.05) is 24.4 Å². The third kappa shape index (κ3) is 3.44. The molecule has 2 aliphatic heterocycles. The van der Waals surface area contributed by atoms with Gasteiger partial charge in [-0.15, -0.1) is 11.3 Å². The smallest absolute Gasteiger partial charge is 0.261 e. The number of amides is 1. The van der Waals surface area contributed by atoms with Crippen LogP contribution in [0.3, 0.4) is 0 Å². The summed E-state index contributed by atoms with van der Waals surface area (Å²) < 4.78 is 6.29. The predicted octanol–water partition coefficient (Wildman–Crippen LogP) is 2.67. The second-order valence-corrected chi connectivity index (χ2v) is 9.04. The minimum absolute atomic E-state index is 0.0310. The number of aliphatic hydroxyl groups is 1. The largest absolute Gasteiger partial charge is 0.391 e. The van der Waals surface area contributed by atoms with Crippen molar-refractivity contribution < 1.29 is 14.6 Å². The van der Waals surface area contributed by atoms with Crippen LogP contribution in [0.25, 0.3) is 0 Å². The predicted molar refractivity (Wildman–Crippen MR) is 103 cm³/mol. The van der Waals surface area contributed by atoms with Gasteiger partial charge in [-0.1, -0.05) is 19.8 Å². The van der Waals surface area contributed by atoms with Crippen LogP contribution in [-0.2, 0) is 16.8 Å². The van der Waals surface area contributed by atoms with Crippen molar-refractivity contribution in [3.63, 3.8) is 0 Å². The fourth-order valence-corrected chi connectivity index (χ4v) is 5.83. The average Bonchev–Trinajstić information content (AvgIpc) is 3.11. The minimum atomic E-state index is -0.407. The van der Waals surface area contributed by atoms with Crippen LogP contribution in [0.4, 0.5) is 0 Å². The van der Waals surface area contributed by atoms with Crippen molar-refractivity contribution in [2.24, 2.45) is 0 Å². The number of hydrogen-bond donors (Lipinski definition) is 2. The molecule has 0 bridgehead atoms. The van der Waals surface area contributed by atoms with Crippen LogP contribution in [0.15, 0.2) is 6.07 Å². The number of thiophene rings is 1. The Hall–Kier alpha value is -0.950. The van der Waals surface area contributed by atoms with E-state index in [4.69, 9.17) is 4.74 Å². The van der Waals surface area contributed by atoms with E-state index in [0.29, 0.717) is 0 Å². The van der Waals surface area contributed by atoms with E-state index in [1.54, 1.807) is 11.3 Å². The summed E-state index contributed by atoms with van der Waals surface area (Å²) >= 11 is 1.62. The topological polar surface area (TPSA) is 61.8 Å². The summed E-state index contributed by atoms with van der Waals surface area (Å²) in [6.07, 6.45) is 6.30. The standard InChI is InChI=1S/C20H30N2O3S/c1-2-22-10-8-20(9-11-22)14-13-18(26-17(14)7-12-25-20)19(24)21-15-5-3-4-6-16(15)23/h13,15-16,23H,2-12H2,1H3,(H,21,24)/t15-,16-/m1/s1. The molecule has 6 heteroatoms. The Labute approximate surface area is 159 Å².